The number of thioether (sulfide) groups is 1. The van der Waals surface area contributed by atoms with Crippen LogP contribution in [0, 0.1) is 0 Å². The van der Waals surface area contributed by atoms with Crippen LogP contribution in [-0.4, -0.2) is 40.3 Å². The second-order valence-corrected chi connectivity index (χ2v) is 4.43. The number of carbonyl (C=O) groups excluding carboxylic acids is 1. The van der Waals surface area contributed by atoms with E-state index in [9.17, 15) is 4.79 Å². The van der Waals surface area contributed by atoms with Crippen LogP contribution < -0.4 is 11.1 Å². The molecule has 0 fully saturated rings. The van der Waals surface area contributed by atoms with Crippen LogP contribution in [0.4, 0.5) is 0 Å². The molecule has 1 amide bonds. The maximum atomic E-state index is 11.5. The fourth-order valence-corrected chi connectivity index (χ4v) is 1.72. The predicted octanol–water partition coefficient (Wildman–Crippen LogP) is 0.0797. The summed E-state index contributed by atoms with van der Waals surface area (Å²) in [6, 6.07) is 1.46. The van der Waals surface area contributed by atoms with Crippen molar-refractivity contribution >= 4 is 17.7 Å². The average Bonchev–Trinajstić information content (AvgIpc) is 2.78. The van der Waals surface area contributed by atoms with E-state index in [1.807, 2.05) is 18.5 Å². The third-order valence-electron chi connectivity index (χ3n) is 2.17. The fourth-order valence-electron chi connectivity index (χ4n) is 1.23. The summed E-state index contributed by atoms with van der Waals surface area (Å²) in [5.74, 6) is 0.828. The Morgan fingerprint density at radius 3 is 3.12 bits per heavy atom. The first-order chi connectivity index (χ1) is 7.74. The Kier molecular flexibility index (Phi) is 5.95. The number of nitrogens with zero attached hydrogens (tertiary/aromatic N) is 2. The summed E-state index contributed by atoms with van der Waals surface area (Å²) in [6.07, 6.45) is 6.29. The highest BCUT2D eigenvalue weighted by molar-refractivity contribution is 7.98. The van der Waals surface area contributed by atoms with Gasteiger partial charge < -0.3 is 11.1 Å². The van der Waals surface area contributed by atoms with Gasteiger partial charge in [-0.1, -0.05) is 0 Å². The number of nitrogens with two attached hydrogens (primary N) is 1. The van der Waals surface area contributed by atoms with E-state index in [0.717, 1.165) is 12.2 Å². The van der Waals surface area contributed by atoms with E-state index in [1.165, 1.54) is 0 Å². The van der Waals surface area contributed by atoms with E-state index < -0.39 is 6.04 Å². The van der Waals surface area contributed by atoms with E-state index in [0.29, 0.717) is 13.1 Å². The maximum absolute atomic E-state index is 11.5. The molecule has 0 saturated heterocycles. The van der Waals surface area contributed by atoms with Crippen LogP contribution in [-0.2, 0) is 11.3 Å². The Balaban J connectivity index is 2.14. The number of nitrogens with one attached hydrogen (secondary N) is 1. The molecule has 0 aliphatic heterocycles. The van der Waals surface area contributed by atoms with E-state index in [1.54, 1.807) is 22.6 Å². The first-order valence-corrected chi connectivity index (χ1v) is 6.63. The lowest BCUT2D eigenvalue weighted by molar-refractivity contribution is -0.122. The number of amides is 1. The van der Waals surface area contributed by atoms with Crippen LogP contribution in [0.3, 0.4) is 0 Å². The van der Waals surface area contributed by atoms with Crippen molar-refractivity contribution in [3.05, 3.63) is 18.5 Å². The van der Waals surface area contributed by atoms with Crippen LogP contribution in [0.5, 0.6) is 0 Å². The molecule has 0 spiro atoms. The molecule has 5 nitrogen and oxygen atoms in total. The molecule has 90 valence electrons. The van der Waals surface area contributed by atoms with Gasteiger partial charge in [-0.2, -0.15) is 16.9 Å². The van der Waals surface area contributed by atoms with Gasteiger partial charge in [0.25, 0.3) is 0 Å². The van der Waals surface area contributed by atoms with Crippen molar-refractivity contribution in [3.8, 4) is 0 Å². The first kappa shape index (κ1) is 13.1. The van der Waals surface area contributed by atoms with Crippen molar-refractivity contribution in [2.75, 3.05) is 18.6 Å². The molecule has 0 bridgehead atoms. The lowest BCUT2D eigenvalue weighted by Crippen LogP contribution is -2.42. The molecule has 1 atom stereocenters. The lowest BCUT2D eigenvalue weighted by Gasteiger charge is -2.11. The average molecular weight is 242 g/mol. The van der Waals surface area contributed by atoms with Crippen molar-refractivity contribution in [3.63, 3.8) is 0 Å². The molecule has 0 aromatic carbocycles. The standard InChI is InChI=1S/C10H18N4OS/c1-16-8-3-9(11)10(15)12-5-7-14-6-2-4-13-14/h2,4,6,9H,3,5,7-8,11H2,1H3,(H,12,15)/t9-/m0/s1. The molecular weight excluding hydrogens is 224 g/mol. The molecule has 3 N–H and O–H groups in total. The van der Waals surface area contributed by atoms with Gasteiger partial charge >= 0.3 is 0 Å². The smallest absolute Gasteiger partial charge is 0.237 e. The van der Waals surface area contributed by atoms with Gasteiger partial charge in [0.05, 0.1) is 12.6 Å². The predicted molar refractivity (Wildman–Crippen MR) is 66.2 cm³/mol. The normalized spacial score (nSPS) is 12.4. The van der Waals surface area contributed by atoms with Crippen LogP contribution in [0.15, 0.2) is 18.5 Å². The molecule has 0 radical (unpaired) electrons. The summed E-state index contributed by atoms with van der Waals surface area (Å²) in [4.78, 5) is 11.5. The van der Waals surface area contributed by atoms with E-state index >= 15 is 0 Å². The van der Waals surface area contributed by atoms with Crippen molar-refractivity contribution in [1.29, 1.82) is 0 Å². The van der Waals surface area contributed by atoms with Crippen molar-refractivity contribution in [2.24, 2.45) is 5.73 Å². The summed E-state index contributed by atoms with van der Waals surface area (Å²) < 4.78 is 1.77. The van der Waals surface area contributed by atoms with Gasteiger partial charge in [0.1, 0.15) is 0 Å². The molecule has 1 aromatic rings. The van der Waals surface area contributed by atoms with Gasteiger partial charge in [-0.25, -0.2) is 0 Å². The monoisotopic (exact) mass is 242 g/mol. The van der Waals surface area contributed by atoms with Gasteiger partial charge in [0.15, 0.2) is 0 Å². The zero-order chi connectivity index (χ0) is 11.8. The number of aromatic nitrogens is 2. The Morgan fingerprint density at radius 1 is 1.69 bits per heavy atom. The van der Waals surface area contributed by atoms with Gasteiger partial charge in [0, 0.05) is 18.9 Å². The SMILES string of the molecule is CSCC[C@H](N)C(=O)NCCn1cccn1. The lowest BCUT2D eigenvalue weighted by atomic mass is 10.2. The molecule has 1 rings (SSSR count). The first-order valence-electron chi connectivity index (χ1n) is 5.23. The number of carbonyl (C=O) groups is 1. The zero-order valence-corrected chi connectivity index (χ0v) is 10.2. The number of rotatable bonds is 7. The summed E-state index contributed by atoms with van der Waals surface area (Å²) in [5, 5.41) is 6.83. The van der Waals surface area contributed by atoms with Crippen LogP contribution in [0.25, 0.3) is 0 Å². The van der Waals surface area contributed by atoms with E-state index in [2.05, 4.69) is 10.4 Å². The maximum Gasteiger partial charge on any atom is 0.237 e. The number of hydrogen-bond donors (Lipinski definition) is 2. The summed E-state index contributed by atoms with van der Waals surface area (Å²) in [7, 11) is 0. The quantitative estimate of drug-likeness (QED) is 0.710. The second kappa shape index (κ2) is 7.29. The minimum atomic E-state index is -0.398. The molecule has 0 unspecified atom stereocenters. The van der Waals surface area contributed by atoms with E-state index in [-0.39, 0.29) is 5.91 Å². The van der Waals surface area contributed by atoms with Gasteiger partial charge in [-0.15, -0.1) is 0 Å². The molecule has 16 heavy (non-hydrogen) atoms. The van der Waals surface area contributed by atoms with Crippen molar-refractivity contribution in [2.45, 2.75) is 19.0 Å². The minimum absolute atomic E-state index is 0.0822. The Labute approximate surface area is 99.8 Å². The van der Waals surface area contributed by atoms with Crippen molar-refractivity contribution in [1.82, 2.24) is 15.1 Å². The molecule has 0 aliphatic carbocycles. The third-order valence-corrected chi connectivity index (χ3v) is 2.81. The number of hydrogen-bond acceptors (Lipinski definition) is 4. The summed E-state index contributed by atoms with van der Waals surface area (Å²) >= 11 is 1.70. The Bertz CT molecular complexity index is 302. The molecule has 0 saturated carbocycles. The van der Waals surface area contributed by atoms with Gasteiger partial charge in [-0.05, 0) is 24.5 Å². The van der Waals surface area contributed by atoms with Crippen LogP contribution >= 0.6 is 11.8 Å². The van der Waals surface area contributed by atoms with Crippen molar-refractivity contribution < 1.29 is 4.79 Å². The summed E-state index contributed by atoms with van der Waals surface area (Å²) in [5.41, 5.74) is 5.71. The van der Waals surface area contributed by atoms with Crippen LogP contribution in [0.1, 0.15) is 6.42 Å². The van der Waals surface area contributed by atoms with Gasteiger partial charge in [-0.3, -0.25) is 9.48 Å². The molecule has 6 heteroatoms. The van der Waals surface area contributed by atoms with Gasteiger partial charge in [0.2, 0.25) is 5.91 Å². The Morgan fingerprint density at radius 2 is 2.50 bits per heavy atom. The van der Waals surface area contributed by atoms with E-state index in [4.69, 9.17) is 5.73 Å². The highest BCUT2D eigenvalue weighted by Crippen LogP contribution is 1.98. The topological polar surface area (TPSA) is 72.9 Å². The zero-order valence-electron chi connectivity index (χ0n) is 9.43. The minimum Gasteiger partial charge on any atom is -0.353 e. The molecule has 1 heterocycles. The molecular formula is C10H18N4OS. The largest absolute Gasteiger partial charge is 0.353 e. The van der Waals surface area contributed by atoms with Crippen LogP contribution in [0.2, 0.25) is 0 Å². The highest BCUT2D eigenvalue weighted by Gasteiger charge is 2.11. The molecule has 0 aliphatic rings. The molecule has 1 aromatic heterocycles. The third kappa shape index (κ3) is 4.67. The second-order valence-electron chi connectivity index (χ2n) is 3.45. The highest BCUT2D eigenvalue weighted by atomic mass is 32.2. The Hall–Kier alpha value is -1.01. The summed E-state index contributed by atoms with van der Waals surface area (Å²) in [6.45, 7) is 1.24. The fraction of sp³-hybridized carbons (Fsp3) is 0.600.